The number of hydrogen-bond donors (Lipinski definition) is 1. The van der Waals surface area contributed by atoms with E-state index in [0.717, 1.165) is 17.7 Å². The van der Waals surface area contributed by atoms with E-state index < -0.39 is 0 Å². The molecular formula is C10H14ClNO2S. The highest BCUT2D eigenvalue weighted by atomic mass is 35.5. The van der Waals surface area contributed by atoms with Gasteiger partial charge in [0.1, 0.15) is 0 Å². The van der Waals surface area contributed by atoms with E-state index in [1.807, 2.05) is 11.4 Å². The Balaban J connectivity index is 2.34. The molecule has 1 aromatic heterocycles. The third-order valence-electron chi connectivity index (χ3n) is 2.11. The molecule has 5 heteroatoms. The van der Waals surface area contributed by atoms with E-state index in [9.17, 15) is 4.79 Å². The van der Waals surface area contributed by atoms with E-state index >= 15 is 0 Å². The lowest BCUT2D eigenvalue weighted by Gasteiger charge is -2.09. The number of thiophene rings is 1. The Morgan fingerprint density at radius 3 is 3.00 bits per heavy atom. The largest absolute Gasteiger partial charge is 0.469 e. The average molecular weight is 248 g/mol. The Labute approximate surface area is 98.2 Å². The maximum Gasteiger partial charge on any atom is 0.305 e. The van der Waals surface area contributed by atoms with Gasteiger partial charge in [-0.2, -0.15) is 0 Å². The molecule has 0 aromatic carbocycles. The predicted octanol–water partition coefficient (Wildman–Crippen LogP) is 2.74. The number of hydrogen-bond acceptors (Lipinski definition) is 4. The zero-order chi connectivity index (χ0) is 11.3. The first-order valence-electron chi connectivity index (χ1n) is 4.70. The van der Waals surface area contributed by atoms with Crippen LogP contribution >= 0.6 is 22.9 Å². The standard InChI is InChI=1S/C10H14ClNO2S/c1-14-9(13)4-2-3-8(12)10-7(11)5-6-15-10/h5-6,8H,2-4,12H2,1H3. The molecule has 0 amide bonds. The molecule has 0 aliphatic carbocycles. The van der Waals surface area contributed by atoms with E-state index in [1.165, 1.54) is 7.11 Å². The lowest BCUT2D eigenvalue weighted by molar-refractivity contribution is -0.140. The molecule has 0 saturated carbocycles. The van der Waals surface area contributed by atoms with Crippen molar-refractivity contribution in [2.24, 2.45) is 5.73 Å². The number of nitrogens with two attached hydrogens (primary N) is 1. The van der Waals surface area contributed by atoms with Crippen molar-refractivity contribution in [3.8, 4) is 0 Å². The van der Waals surface area contributed by atoms with Crippen molar-refractivity contribution in [3.63, 3.8) is 0 Å². The van der Waals surface area contributed by atoms with Gasteiger partial charge in [0.05, 0.1) is 12.1 Å². The molecule has 1 heterocycles. The molecule has 0 aliphatic heterocycles. The summed E-state index contributed by atoms with van der Waals surface area (Å²) in [6.07, 6.45) is 1.88. The normalized spacial score (nSPS) is 12.5. The smallest absolute Gasteiger partial charge is 0.305 e. The lowest BCUT2D eigenvalue weighted by Crippen LogP contribution is -2.10. The molecular weight excluding hydrogens is 234 g/mol. The highest BCUT2D eigenvalue weighted by molar-refractivity contribution is 7.10. The molecule has 3 nitrogen and oxygen atoms in total. The molecule has 15 heavy (non-hydrogen) atoms. The van der Waals surface area contributed by atoms with Gasteiger partial charge in [0.25, 0.3) is 0 Å². The third-order valence-corrected chi connectivity index (χ3v) is 3.60. The van der Waals surface area contributed by atoms with Crippen LogP contribution < -0.4 is 5.73 Å². The Morgan fingerprint density at radius 1 is 1.73 bits per heavy atom. The lowest BCUT2D eigenvalue weighted by atomic mass is 10.1. The van der Waals surface area contributed by atoms with Crippen LogP contribution in [0.15, 0.2) is 11.4 Å². The van der Waals surface area contributed by atoms with Crippen LogP contribution in [0.1, 0.15) is 30.2 Å². The van der Waals surface area contributed by atoms with E-state index in [1.54, 1.807) is 11.3 Å². The van der Waals surface area contributed by atoms with Crippen molar-refractivity contribution in [1.29, 1.82) is 0 Å². The molecule has 1 atom stereocenters. The minimum Gasteiger partial charge on any atom is -0.469 e. The van der Waals surface area contributed by atoms with Gasteiger partial charge in [0, 0.05) is 17.3 Å². The first-order valence-corrected chi connectivity index (χ1v) is 5.96. The number of halogens is 1. The van der Waals surface area contributed by atoms with Gasteiger partial charge in [-0.3, -0.25) is 4.79 Å². The monoisotopic (exact) mass is 247 g/mol. The summed E-state index contributed by atoms with van der Waals surface area (Å²) in [4.78, 5) is 11.8. The molecule has 1 rings (SSSR count). The van der Waals surface area contributed by atoms with Crippen molar-refractivity contribution in [1.82, 2.24) is 0 Å². The molecule has 0 bridgehead atoms. The van der Waals surface area contributed by atoms with Crippen LogP contribution in [-0.2, 0) is 9.53 Å². The SMILES string of the molecule is COC(=O)CCCC(N)c1sccc1Cl. The number of carbonyl (C=O) groups is 1. The van der Waals surface area contributed by atoms with Gasteiger partial charge >= 0.3 is 5.97 Å². The molecule has 0 spiro atoms. The average Bonchev–Trinajstić information content (AvgIpc) is 2.64. The number of esters is 1. The molecule has 0 fully saturated rings. The second kappa shape index (κ2) is 6.10. The quantitative estimate of drug-likeness (QED) is 0.814. The molecule has 84 valence electrons. The zero-order valence-corrected chi connectivity index (χ0v) is 10.1. The fourth-order valence-electron chi connectivity index (χ4n) is 1.27. The minimum absolute atomic E-state index is 0.0813. The van der Waals surface area contributed by atoms with Crippen molar-refractivity contribution in [2.75, 3.05) is 7.11 Å². The Hall–Kier alpha value is -0.580. The molecule has 1 aromatic rings. The summed E-state index contributed by atoms with van der Waals surface area (Å²) in [7, 11) is 1.39. The summed E-state index contributed by atoms with van der Waals surface area (Å²) in [6, 6.07) is 1.75. The number of carbonyl (C=O) groups excluding carboxylic acids is 1. The summed E-state index contributed by atoms with van der Waals surface area (Å²) in [5.41, 5.74) is 5.94. The summed E-state index contributed by atoms with van der Waals surface area (Å²) in [5, 5.41) is 2.63. The van der Waals surface area contributed by atoms with Gasteiger partial charge in [0.2, 0.25) is 0 Å². The van der Waals surface area contributed by atoms with Crippen LogP contribution in [-0.4, -0.2) is 13.1 Å². The van der Waals surface area contributed by atoms with Gasteiger partial charge in [-0.15, -0.1) is 11.3 Å². The first kappa shape index (κ1) is 12.5. The van der Waals surface area contributed by atoms with Crippen molar-refractivity contribution in [3.05, 3.63) is 21.3 Å². The topological polar surface area (TPSA) is 52.3 Å². The fourth-order valence-corrected chi connectivity index (χ4v) is 2.50. The van der Waals surface area contributed by atoms with Gasteiger partial charge in [0.15, 0.2) is 0 Å². The second-order valence-corrected chi connectivity index (χ2v) is 4.56. The van der Waals surface area contributed by atoms with Crippen molar-refractivity contribution < 1.29 is 9.53 Å². The minimum atomic E-state index is -0.195. The van der Waals surface area contributed by atoms with E-state index in [4.69, 9.17) is 17.3 Å². The summed E-state index contributed by atoms with van der Waals surface area (Å²) < 4.78 is 4.54. The van der Waals surface area contributed by atoms with Crippen LogP contribution in [0.4, 0.5) is 0 Å². The van der Waals surface area contributed by atoms with Crippen LogP contribution in [0.5, 0.6) is 0 Å². The van der Waals surface area contributed by atoms with Gasteiger partial charge in [-0.25, -0.2) is 0 Å². The van der Waals surface area contributed by atoms with E-state index in [0.29, 0.717) is 11.4 Å². The number of ether oxygens (including phenoxy) is 1. The second-order valence-electron chi connectivity index (χ2n) is 3.21. The fraction of sp³-hybridized carbons (Fsp3) is 0.500. The Kier molecular flexibility index (Phi) is 5.08. The third kappa shape index (κ3) is 3.81. The number of rotatable bonds is 5. The molecule has 0 saturated heterocycles. The first-order chi connectivity index (χ1) is 7.15. The van der Waals surface area contributed by atoms with Crippen molar-refractivity contribution >= 4 is 28.9 Å². The van der Waals surface area contributed by atoms with E-state index in [-0.39, 0.29) is 12.0 Å². The summed E-state index contributed by atoms with van der Waals surface area (Å²) in [5.74, 6) is -0.195. The summed E-state index contributed by atoms with van der Waals surface area (Å²) >= 11 is 7.49. The molecule has 2 N–H and O–H groups in total. The predicted molar refractivity (Wildman–Crippen MR) is 62.1 cm³/mol. The van der Waals surface area contributed by atoms with Crippen LogP contribution in [0.3, 0.4) is 0 Å². The molecule has 1 unspecified atom stereocenters. The maximum atomic E-state index is 10.9. The van der Waals surface area contributed by atoms with Gasteiger partial charge in [-0.05, 0) is 24.3 Å². The van der Waals surface area contributed by atoms with Crippen LogP contribution in [0.25, 0.3) is 0 Å². The highest BCUT2D eigenvalue weighted by Gasteiger charge is 2.12. The molecule has 0 aliphatic rings. The Bertz CT molecular complexity index is 327. The zero-order valence-electron chi connectivity index (χ0n) is 8.53. The maximum absolute atomic E-state index is 10.9. The Morgan fingerprint density at radius 2 is 2.47 bits per heavy atom. The number of methoxy groups -OCH3 is 1. The molecule has 0 radical (unpaired) electrons. The van der Waals surface area contributed by atoms with E-state index in [2.05, 4.69) is 4.74 Å². The summed E-state index contributed by atoms with van der Waals surface area (Å²) in [6.45, 7) is 0. The van der Waals surface area contributed by atoms with Gasteiger partial charge in [-0.1, -0.05) is 11.6 Å². The van der Waals surface area contributed by atoms with Crippen LogP contribution in [0, 0.1) is 0 Å². The highest BCUT2D eigenvalue weighted by Crippen LogP contribution is 2.29. The van der Waals surface area contributed by atoms with Crippen molar-refractivity contribution in [2.45, 2.75) is 25.3 Å². The van der Waals surface area contributed by atoms with Crippen LogP contribution in [0.2, 0.25) is 5.02 Å². The van der Waals surface area contributed by atoms with Gasteiger partial charge < -0.3 is 10.5 Å².